The summed E-state index contributed by atoms with van der Waals surface area (Å²) in [5, 5.41) is 4.91. The summed E-state index contributed by atoms with van der Waals surface area (Å²) >= 11 is 1.60. The van der Waals surface area contributed by atoms with Gasteiger partial charge < -0.3 is 29.3 Å². The van der Waals surface area contributed by atoms with Gasteiger partial charge in [-0.25, -0.2) is 4.79 Å². The first-order chi connectivity index (χ1) is 18.4. The van der Waals surface area contributed by atoms with Crippen molar-refractivity contribution in [2.45, 2.75) is 39.8 Å². The Bertz CT molecular complexity index is 1180. The summed E-state index contributed by atoms with van der Waals surface area (Å²) in [6.45, 7) is 7.09. The molecule has 204 valence electrons. The van der Waals surface area contributed by atoms with Crippen molar-refractivity contribution >= 4 is 29.0 Å². The molecule has 3 aromatic rings. The topological polar surface area (TPSA) is 80.3 Å². The van der Waals surface area contributed by atoms with Crippen LogP contribution in [-0.4, -0.2) is 61.7 Å². The minimum Gasteiger partial charge on any atom is -0.493 e. The molecule has 3 rings (SSSR count). The van der Waals surface area contributed by atoms with Crippen LogP contribution in [0.3, 0.4) is 0 Å². The molecular weight excluding hydrogens is 502 g/mol. The number of para-hydroxylation sites is 2. The monoisotopic (exact) mass is 539 g/mol. The summed E-state index contributed by atoms with van der Waals surface area (Å²) in [4.78, 5) is 31.3. The number of hydrogen-bond acceptors (Lipinski definition) is 6. The fraction of sp³-hybridized carbons (Fsp3) is 0.379. The third-order valence-corrected chi connectivity index (χ3v) is 6.88. The van der Waals surface area contributed by atoms with E-state index in [0.717, 1.165) is 10.4 Å². The molecule has 0 unspecified atom stereocenters. The number of carbonyl (C=O) groups excluding carboxylic acids is 2. The predicted octanol–water partition coefficient (Wildman–Crippen LogP) is 5.68. The van der Waals surface area contributed by atoms with Gasteiger partial charge in [0.1, 0.15) is 12.3 Å². The van der Waals surface area contributed by atoms with Crippen LogP contribution in [0.2, 0.25) is 0 Å². The van der Waals surface area contributed by atoms with Crippen molar-refractivity contribution in [3.8, 4) is 17.2 Å². The van der Waals surface area contributed by atoms with Gasteiger partial charge in [0.2, 0.25) is 5.91 Å². The van der Waals surface area contributed by atoms with Gasteiger partial charge in [-0.1, -0.05) is 24.3 Å². The van der Waals surface area contributed by atoms with E-state index < -0.39 is 0 Å². The van der Waals surface area contributed by atoms with Gasteiger partial charge in [-0.2, -0.15) is 0 Å². The summed E-state index contributed by atoms with van der Waals surface area (Å²) in [6, 6.07) is 16.5. The third-order valence-electron chi connectivity index (χ3n) is 6.02. The maximum Gasteiger partial charge on any atom is 0.322 e. The summed E-state index contributed by atoms with van der Waals surface area (Å²) < 4.78 is 16.4. The van der Waals surface area contributed by atoms with E-state index >= 15 is 0 Å². The molecule has 0 aliphatic carbocycles. The number of hydrogen-bond donors (Lipinski definition) is 1. The average molecular weight is 540 g/mol. The molecule has 0 aliphatic rings. The van der Waals surface area contributed by atoms with E-state index in [9.17, 15) is 9.59 Å². The first-order valence-electron chi connectivity index (χ1n) is 12.7. The van der Waals surface area contributed by atoms with E-state index in [4.69, 9.17) is 14.2 Å². The highest BCUT2D eigenvalue weighted by Crippen LogP contribution is 2.28. The Balaban J connectivity index is 1.74. The van der Waals surface area contributed by atoms with Gasteiger partial charge in [-0.3, -0.25) is 4.79 Å². The predicted molar refractivity (Wildman–Crippen MR) is 151 cm³/mol. The molecule has 0 spiro atoms. The highest BCUT2D eigenvalue weighted by atomic mass is 32.1. The summed E-state index contributed by atoms with van der Waals surface area (Å²) in [6.07, 6.45) is 0.632. The van der Waals surface area contributed by atoms with Crippen LogP contribution >= 0.6 is 11.3 Å². The van der Waals surface area contributed by atoms with Crippen molar-refractivity contribution in [2.24, 2.45) is 0 Å². The van der Waals surface area contributed by atoms with E-state index in [1.54, 1.807) is 47.5 Å². The zero-order valence-electron chi connectivity index (χ0n) is 22.7. The average Bonchev–Trinajstić information content (AvgIpc) is 3.43. The molecule has 0 atom stereocenters. The van der Waals surface area contributed by atoms with Crippen molar-refractivity contribution in [1.29, 1.82) is 0 Å². The first-order valence-corrected chi connectivity index (χ1v) is 13.5. The molecule has 0 bridgehead atoms. The fourth-order valence-corrected chi connectivity index (χ4v) is 4.68. The maximum absolute atomic E-state index is 13.6. The Morgan fingerprint density at radius 3 is 2.39 bits per heavy atom. The first kappa shape index (κ1) is 28.8. The highest BCUT2D eigenvalue weighted by molar-refractivity contribution is 7.09. The van der Waals surface area contributed by atoms with Crippen molar-refractivity contribution in [3.63, 3.8) is 0 Å². The van der Waals surface area contributed by atoms with Crippen LogP contribution in [0, 0.1) is 0 Å². The Morgan fingerprint density at radius 1 is 0.974 bits per heavy atom. The molecule has 3 amide bonds. The standard InChI is InChI=1S/C29H37N3O5S/c1-6-37-25-12-8-7-11-24(25)30-29(34)32(21(2)3)20-28(33)31(19-23-10-9-17-38-23)16-15-22-13-14-26(35-4)27(18-22)36-5/h7-14,17-18,21H,6,15-16,19-20H2,1-5H3,(H,30,34). The number of urea groups is 1. The van der Waals surface area contributed by atoms with Crippen LogP contribution in [-0.2, 0) is 17.8 Å². The van der Waals surface area contributed by atoms with Crippen LogP contribution in [0.5, 0.6) is 17.2 Å². The van der Waals surface area contributed by atoms with E-state index in [-0.39, 0.29) is 24.5 Å². The quantitative estimate of drug-likeness (QED) is 0.302. The molecular formula is C29H37N3O5S. The number of thiophene rings is 1. The minimum absolute atomic E-state index is 0.0440. The fourth-order valence-electron chi connectivity index (χ4n) is 3.96. The van der Waals surface area contributed by atoms with Crippen LogP contribution in [0.25, 0.3) is 0 Å². The number of nitrogens with one attached hydrogen (secondary N) is 1. The Hall–Kier alpha value is -3.72. The van der Waals surface area contributed by atoms with Crippen LogP contribution < -0.4 is 19.5 Å². The second-order valence-corrected chi connectivity index (χ2v) is 9.95. The number of amides is 3. The minimum atomic E-state index is -0.350. The Morgan fingerprint density at radius 2 is 1.74 bits per heavy atom. The van der Waals surface area contributed by atoms with E-state index in [1.807, 2.05) is 68.6 Å². The van der Waals surface area contributed by atoms with Crippen LogP contribution in [0.4, 0.5) is 10.5 Å². The zero-order chi connectivity index (χ0) is 27.5. The number of rotatable bonds is 13. The van der Waals surface area contributed by atoms with Gasteiger partial charge >= 0.3 is 6.03 Å². The number of benzene rings is 2. The van der Waals surface area contributed by atoms with Crippen molar-refractivity contribution in [2.75, 3.05) is 39.2 Å². The van der Waals surface area contributed by atoms with Gasteiger partial charge in [-0.05, 0) is 68.5 Å². The number of ether oxygens (including phenoxy) is 3. The molecule has 1 aromatic heterocycles. The maximum atomic E-state index is 13.6. The van der Waals surface area contributed by atoms with Gasteiger partial charge in [0.05, 0.1) is 33.1 Å². The Labute approximate surface area is 229 Å². The molecule has 1 heterocycles. The third kappa shape index (κ3) is 7.89. The molecule has 9 heteroatoms. The van der Waals surface area contributed by atoms with Gasteiger partial charge in [-0.15, -0.1) is 11.3 Å². The SMILES string of the molecule is CCOc1ccccc1NC(=O)N(CC(=O)N(CCc1ccc(OC)c(OC)c1)Cc1cccs1)C(C)C. The molecule has 0 saturated carbocycles. The Kier molecular flexibility index (Phi) is 10.8. The van der Waals surface area contributed by atoms with E-state index in [2.05, 4.69) is 5.32 Å². The second-order valence-electron chi connectivity index (χ2n) is 8.91. The molecule has 1 N–H and O–H groups in total. The summed E-state index contributed by atoms with van der Waals surface area (Å²) in [5.41, 5.74) is 1.60. The van der Waals surface area contributed by atoms with Crippen molar-refractivity contribution < 1.29 is 23.8 Å². The van der Waals surface area contributed by atoms with Gasteiger partial charge in [0, 0.05) is 17.5 Å². The second kappa shape index (κ2) is 14.3. The summed E-state index contributed by atoms with van der Waals surface area (Å²) in [7, 11) is 3.21. The van der Waals surface area contributed by atoms with Gasteiger partial charge in [0.15, 0.2) is 11.5 Å². The van der Waals surface area contributed by atoms with Crippen molar-refractivity contribution in [1.82, 2.24) is 9.80 Å². The number of nitrogens with zero attached hydrogens (tertiary/aromatic N) is 2. The molecule has 0 aliphatic heterocycles. The lowest BCUT2D eigenvalue weighted by Crippen LogP contribution is -2.47. The number of anilines is 1. The lowest BCUT2D eigenvalue weighted by atomic mass is 10.1. The molecule has 0 saturated heterocycles. The smallest absolute Gasteiger partial charge is 0.322 e. The highest BCUT2D eigenvalue weighted by Gasteiger charge is 2.25. The molecule has 0 fully saturated rings. The molecule has 8 nitrogen and oxygen atoms in total. The largest absolute Gasteiger partial charge is 0.493 e. The normalized spacial score (nSPS) is 10.7. The van der Waals surface area contributed by atoms with E-state index in [1.165, 1.54) is 0 Å². The molecule has 0 radical (unpaired) electrons. The molecule has 38 heavy (non-hydrogen) atoms. The van der Waals surface area contributed by atoms with Crippen molar-refractivity contribution in [3.05, 3.63) is 70.4 Å². The zero-order valence-corrected chi connectivity index (χ0v) is 23.5. The summed E-state index contributed by atoms with van der Waals surface area (Å²) in [5.74, 6) is 1.77. The van der Waals surface area contributed by atoms with E-state index in [0.29, 0.717) is 49.1 Å². The van der Waals surface area contributed by atoms with Crippen LogP contribution in [0.15, 0.2) is 60.0 Å². The molecule has 2 aromatic carbocycles. The van der Waals surface area contributed by atoms with Gasteiger partial charge in [0.25, 0.3) is 0 Å². The number of methoxy groups -OCH3 is 2. The number of carbonyl (C=O) groups is 2. The lowest BCUT2D eigenvalue weighted by Gasteiger charge is -2.30. The van der Waals surface area contributed by atoms with Crippen LogP contribution in [0.1, 0.15) is 31.2 Å². The lowest BCUT2D eigenvalue weighted by molar-refractivity contribution is -0.132.